The number of benzene rings is 1. The van der Waals surface area contributed by atoms with E-state index in [0.29, 0.717) is 6.04 Å². The fourth-order valence-corrected chi connectivity index (χ4v) is 2.44. The summed E-state index contributed by atoms with van der Waals surface area (Å²) in [7, 11) is 1.67. The third kappa shape index (κ3) is 2.07. The quantitative estimate of drug-likeness (QED) is 0.916. The van der Waals surface area contributed by atoms with Crippen LogP contribution >= 0.6 is 0 Å². The summed E-state index contributed by atoms with van der Waals surface area (Å²) in [5.41, 5.74) is 8.24. The van der Waals surface area contributed by atoms with Crippen LogP contribution in [-0.4, -0.2) is 16.7 Å². The number of hydrogen-bond donors (Lipinski definition) is 1. The standard InChI is InChI=1S/C15H19N3O/c1-3-13-17-14(15(16)18(13)11-6-7-11)10-4-8-12(19-2)9-5-10/h4-5,8-9,11H,3,6-7,16H2,1-2H3. The molecular formula is C15H19N3O. The highest BCUT2D eigenvalue weighted by Gasteiger charge is 2.29. The van der Waals surface area contributed by atoms with Crippen molar-refractivity contribution in [1.29, 1.82) is 0 Å². The van der Waals surface area contributed by atoms with Crippen molar-refractivity contribution in [2.24, 2.45) is 0 Å². The molecule has 0 amide bonds. The van der Waals surface area contributed by atoms with Gasteiger partial charge in [0.15, 0.2) is 0 Å². The molecule has 2 aromatic rings. The molecule has 0 bridgehead atoms. The summed E-state index contributed by atoms with van der Waals surface area (Å²) in [6.45, 7) is 2.12. The molecule has 0 unspecified atom stereocenters. The Morgan fingerprint density at radius 2 is 2.00 bits per heavy atom. The molecule has 1 aromatic heterocycles. The van der Waals surface area contributed by atoms with Crippen molar-refractivity contribution in [1.82, 2.24) is 9.55 Å². The van der Waals surface area contributed by atoms with Crippen LogP contribution in [0.25, 0.3) is 11.3 Å². The molecule has 1 fully saturated rings. The predicted molar refractivity (Wildman–Crippen MR) is 76.3 cm³/mol. The van der Waals surface area contributed by atoms with Crippen molar-refractivity contribution in [2.75, 3.05) is 12.8 Å². The van der Waals surface area contributed by atoms with Crippen molar-refractivity contribution in [2.45, 2.75) is 32.2 Å². The minimum Gasteiger partial charge on any atom is -0.497 e. The molecule has 19 heavy (non-hydrogen) atoms. The van der Waals surface area contributed by atoms with Crippen LogP contribution in [0.15, 0.2) is 24.3 Å². The van der Waals surface area contributed by atoms with Gasteiger partial charge in [0.25, 0.3) is 0 Å². The monoisotopic (exact) mass is 257 g/mol. The number of aromatic nitrogens is 2. The first-order valence-corrected chi connectivity index (χ1v) is 6.75. The lowest BCUT2D eigenvalue weighted by atomic mass is 10.1. The Balaban J connectivity index is 2.03. The molecule has 1 aliphatic rings. The van der Waals surface area contributed by atoms with E-state index in [1.807, 2.05) is 24.3 Å². The fourth-order valence-electron chi connectivity index (χ4n) is 2.44. The third-order valence-electron chi connectivity index (χ3n) is 3.61. The van der Waals surface area contributed by atoms with E-state index in [4.69, 9.17) is 15.5 Å². The van der Waals surface area contributed by atoms with E-state index in [1.54, 1.807) is 7.11 Å². The molecule has 0 aliphatic heterocycles. The van der Waals surface area contributed by atoms with Gasteiger partial charge >= 0.3 is 0 Å². The van der Waals surface area contributed by atoms with Gasteiger partial charge in [-0.2, -0.15) is 0 Å². The van der Waals surface area contributed by atoms with Gasteiger partial charge in [-0.1, -0.05) is 6.92 Å². The highest BCUT2D eigenvalue weighted by molar-refractivity contribution is 5.71. The van der Waals surface area contributed by atoms with E-state index in [9.17, 15) is 0 Å². The number of anilines is 1. The van der Waals surface area contributed by atoms with Crippen molar-refractivity contribution in [3.05, 3.63) is 30.1 Å². The van der Waals surface area contributed by atoms with Crippen LogP contribution < -0.4 is 10.5 Å². The van der Waals surface area contributed by atoms with Gasteiger partial charge in [0.2, 0.25) is 0 Å². The number of ether oxygens (including phenoxy) is 1. The largest absolute Gasteiger partial charge is 0.497 e. The van der Waals surface area contributed by atoms with E-state index < -0.39 is 0 Å². The Labute approximate surface area is 113 Å². The number of aryl methyl sites for hydroxylation is 1. The molecular weight excluding hydrogens is 238 g/mol. The van der Waals surface area contributed by atoms with Crippen molar-refractivity contribution >= 4 is 5.82 Å². The Kier molecular flexibility index (Phi) is 2.93. The first kappa shape index (κ1) is 12.1. The maximum absolute atomic E-state index is 6.29. The van der Waals surface area contributed by atoms with Crippen molar-refractivity contribution in [3.8, 4) is 17.0 Å². The molecule has 0 atom stereocenters. The lowest BCUT2D eigenvalue weighted by molar-refractivity contribution is 0.415. The molecule has 1 heterocycles. The van der Waals surface area contributed by atoms with Gasteiger partial charge in [-0.25, -0.2) is 4.98 Å². The van der Waals surface area contributed by atoms with E-state index >= 15 is 0 Å². The molecule has 0 spiro atoms. The molecule has 100 valence electrons. The molecule has 4 nitrogen and oxygen atoms in total. The summed E-state index contributed by atoms with van der Waals surface area (Å²) < 4.78 is 7.38. The summed E-state index contributed by atoms with van der Waals surface area (Å²) in [5, 5.41) is 0. The highest BCUT2D eigenvalue weighted by Crippen LogP contribution is 2.41. The molecule has 1 aromatic carbocycles. The van der Waals surface area contributed by atoms with Crippen LogP contribution in [0, 0.1) is 0 Å². The molecule has 0 radical (unpaired) electrons. The van der Waals surface area contributed by atoms with E-state index in [2.05, 4.69) is 11.5 Å². The van der Waals surface area contributed by atoms with Gasteiger partial charge in [0.05, 0.1) is 7.11 Å². The van der Waals surface area contributed by atoms with E-state index in [1.165, 1.54) is 12.8 Å². The minimum atomic E-state index is 0.564. The number of nitrogen functional groups attached to an aromatic ring is 1. The zero-order chi connectivity index (χ0) is 13.4. The Morgan fingerprint density at radius 3 is 2.53 bits per heavy atom. The van der Waals surface area contributed by atoms with Crippen LogP contribution in [0.2, 0.25) is 0 Å². The SMILES string of the molecule is CCc1nc(-c2ccc(OC)cc2)c(N)n1C1CC1. The fraction of sp³-hybridized carbons (Fsp3) is 0.400. The van der Waals surface area contributed by atoms with Gasteiger partial charge in [-0.15, -0.1) is 0 Å². The smallest absolute Gasteiger partial charge is 0.131 e. The second-order valence-electron chi connectivity index (χ2n) is 4.95. The van der Waals surface area contributed by atoms with Crippen LogP contribution in [-0.2, 0) is 6.42 Å². The summed E-state index contributed by atoms with van der Waals surface area (Å²) in [4.78, 5) is 4.71. The topological polar surface area (TPSA) is 53.1 Å². The van der Waals surface area contributed by atoms with Gasteiger partial charge in [0.1, 0.15) is 23.1 Å². The number of rotatable bonds is 4. The number of nitrogens with zero attached hydrogens (tertiary/aromatic N) is 2. The van der Waals surface area contributed by atoms with Gasteiger partial charge < -0.3 is 15.0 Å². The lowest BCUT2D eigenvalue weighted by Gasteiger charge is -2.06. The average Bonchev–Trinajstić information content (AvgIpc) is 3.23. The maximum Gasteiger partial charge on any atom is 0.131 e. The first-order valence-electron chi connectivity index (χ1n) is 6.75. The second-order valence-corrected chi connectivity index (χ2v) is 4.95. The van der Waals surface area contributed by atoms with Gasteiger partial charge in [-0.3, -0.25) is 0 Å². The van der Waals surface area contributed by atoms with Crippen LogP contribution in [0.4, 0.5) is 5.82 Å². The summed E-state index contributed by atoms with van der Waals surface area (Å²) >= 11 is 0. The number of nitrogens with two attached hydrogens (primary N) is 1. The van der Waals surface area contributed by atoms with Crippen molar-refractivity contribution in [3.63, 3.8) is 0 Å². The van der Waals surface area contributed by atoms with Crippen molar-refractivity contribution < 1.29 is 4.74 Å². The zero-order valence-corrected chi connectivity index (χ0v) is 11.4. The molecule has 2 N–H and O–H groups in total. The number of hydrogen-bond acceptors (Lipinski definition) is 3. The second kappa shape index (κ2) is 4.61. The molecule has 3 rings (SSSR count). The lowest BCUT2D eigenvalue weighted by Crippen LogP contribution is -2.04. The molecule has 1 saturated carbocycles. The van der Waals surface area contributed by atoms with Gasteiger partial charge in [-0.05, 0) is 37.1 Å². The number of methoxy groups -OCH3 is 1. The van der Waals surface area contributed by atoms with Gasteiger partial charge in [0, 0.05) is 18.0 Å². The Hall–Kier alpha value is -1.97. The van der Waals surface area contributed by atoms with Crippen LogP contribution in [0.3, 0.4) is 0 Å². The third-order valence-corrected chi connectivity index (χ3v) is 3.61. The Bertz CT molecular complexity index is 582. The maximum atomic E-state index is 6.29. The summed E-state index contributed by atoms with van der Waals surface area (Å²) in [6, 6.07) is 8.46. The average molecular weight is 257 g/mol. The summed E-state index contributed by atoms with van der Waals surface area (Å²) in [5.74, 6) is 2.73. The number of imidazole rings is 1. The molecule has 4 heteroatoms. The highest BCUT2D eigenvalue weighted by atomic mass is 16.5. The normalized spacial score (nSPS) is 14.6. The molecule has 0 saturated heterocycles. The van der Waals surface area contributed by atoms with Crippen LogP contribution in [0.5, 0.6) is 5.75 Å². The zero-order valence-electron chi connectivity index (χ0n) is 11.4. The molecule has 1 aliphatic carbocycles. The minimum absolute atomic E-state index is 0.564. The van der Waals surface area contributed by atoms with E-state index in [-0.39, 0.29) is 0 Å². The first-order chi connectivity index (χ1) is 9.24. The Morgan fingerprint density at radius 1 is 1.32 bits per heavy atom. The van der Waals surface area contributed by atoms with Crippen LogP contribution in [0.1, 0.15) is 31.6 Å². The predicted octanol–water partition coefficient (Wildman–Crippen LogP) is 3.04. The van der Waals surface area contributed by atoms with E-state index in [0.717, 1.165) is 35.1 Å². The summed E-state index contributed by atoms with van der Waals surface area (Å²) in [6.07, 6.45) is 3.35.